The van der Waals surface area contributed by atoms with E-state index in [0.717, 1.165) is 25.3 Å². The highest BCUT2D eigenvalue weighted by atomic mass is 19.4. The van der Waals surface area contributed by atoms with Crippen molar-refractivity contribution in [3.8, 4) is 16.9 Å². The lowest BCUT2D eigenvalue weighted by atomic mass is 10.1. The van der Waals surface area contributed by atoms with Gasteiger partial charge in [0.2, 0.25) is 0 Å². The summed E-state index contributed by atoms with van der Waals surface area (Å²) in [7, 11) is 1.15. The second kappa shape index (κ2) is 8.54. The second-order valence-corrected chi connectivity index (χ2v) is 7.55. The molecule has 0 atom stereocenters. The van der Waals surface area contributed by atoms with E-state index in [1.807, 2.05) is 0 Å². The van der Waals surface area contributed by atoms with E-state index in [0.29, 0.717) is 23.1 Å². The molecule has 0 saturated carbocycles. The monoisotopic (exact) mass is 481 g/mol. The second-order valence-electron chi connectivity index (χ2n) is 7.55. The number of hydrogen-bond acceptors (Lipinski definition) is 3. The van der Waals surface area contributed by atoms with Crippen molar-refractivity contribution in [2.75, 3.05) is 23.9 Å². The number of nitrogens with zero attached hydrogens (tertiary/aromatic N) is 2. The molecule has 178 valence electrons. The van der Waals surface area contributed by atoms with Gasteiger partial charge in [-0.25, -0.2) is 4.79 Å². The Kier molecular flexibility index (Phi) is 5.88. The first-order chi connectivity index (χ1) is 16.0. The van der Waals surface area contributed by atoms with Gasteiger partial charge in [0.1, 0.15) is 5.75 Å². The van der Waals surface area contributed by atoms with Crippen LogP contribution in [0.1, 0.15) is 16.7 Å². The minimum Gasteiger partial charge on any atom is -0.496 e. The molecule has 0 fully saturated rings. The third kappa shape index (κ3) is 4.63. The van der Waals surface area contributed by atoms with E-state index < -0.39 is 29.5 Å². The number of fused-ring (bicyclic) bond motifs is 1. The summed E-state index contributed by atoms with van der Waals surface area (Å²) in [5.74, 6) is -0.318. The number of methoxy groups -OCH3 is 1. The van der Waals surface area contributed by atoms with Crippen LogP contribution < -0.4 is 15.0 Å². The predicted octanol–water partition coefficient (Wildman–Crippen LogP) is 6.39. The van der Waals surface area contributed by atoms with Gasteiger partial charge in [0.05, 0.1) is 30.1 Å². The fraction of sp³-hybridized carbons (Fsp3) is 0.217. The fourth-order valence-corrected chi connectivity index (χ4v) is 3.72. The molecular formula is C23H17F6N3O2. The molecule has 0 radical (unpaired) electrons. The maximum absolute atomic E-state index is 13.4. The molecule has 4 rings (SSSR count). The Hall–Kier alpha value is -3.76. The van der Waals surface area contributed by atoms with Crippen molar-refractivity contribution in [1.29, 1.82) is 0 Å². The number of nitrogens with one attached hydrogen (secondary N) is 1. The van der Waals surface area contributed by atoms with E-state index in [1.54, 1.807) is 0 Å². The molecule has 0 unspecified atom stereocenters. The number of aromatic nitrogens is 1. The summed E-state index contributed by atoms with van der Waals surface area (Å²) in [5.41, 5.74) is 0.0209. The van der Waals surface area contributed by atoms with Crippen LogP contribution in [0.5, 0.6) is 5.75 Å². The number of benzene rings is 2. The molecule has 34 heavy (non-hydrogen) atoms. The molecule has 0 saturated heterocycles. The Morgan fingerprint density at radius 1 is 0.971 bits per heavy atom. The normalized spacial score (nSPS) is 13.6. The summed E-state index contributed by atoms with van der Waals surface area (Å²) in [6.07, 6.45) is -6.02. The number of urea groups is 1. The number of ether oxygens (including phenoxy) is 1. The Labute approximate surface area is 190 Å². The topological polar surface area (TPSA) is 54.5 Å². The largest absolute Gasteiger partial charge is 0.496 e. The van der Waals surface area contributed by atoms with Crippen LogP contribution >= 0.6 is 0 Å². The molecule has 0 spiro atoms. The summed E-state index contributed by atoms with van der Waals surface area (Å²) >= 11 is 0. The number of hydrogen-bond donors (Lipinski definition) is 1. The van der Waals surface area contributed by atoms with E-state index in [-0.39, 0.29) is 23.7 Å². The van der Waals surface area contributed by atoms with Crippen LogP contribution in [-0.4, -0.2) is 24.7 Å². The minimum atomic E-state index is -4.66. The molecule has 5 nitrogen and oxygen atoms in total. The zero-order chi connectivity index (χ0) is 24.7. The standard InChI is InChI=1S/C23H17F6N3O2/c1-34-20-9-14-6-7-32(19(14)10-18(20)23(27,28)29)21(33)31-17-8-15(11-30-12-17)13-2-4-16(5-3-13)22(24,25)26/h2-5,8-12H,6-7H2,1H3,(H,31,33). The number of alkyl halides is 6. The Morgan fingerprint density at radius 2 is 1.68 bits per heavy atom. The van der Waals surface area contributed by atoms with Crippen molar-refractivity contribution in [1.82, 2.24) is 4.98 Å². The zero-order valence-electron chi connectivity index (χ0n) is 17.6. The van der Waals surface area contributed by atoms with Crippen molar-refractivity contribution in [2.45, 2.75) is 18.8 Å². The molecule has 2 heterocycles. The number of halogens is 6. The number of rotatable bonds is 3. The Balaban J connectivity index is 1.56. The van der Waals surface area contributed by atoms with Gasteiger partial charge in [-0.3, -0.25) is 9.88 Å². The first-order valence-electron chi connectivity index (χ1n) is 9.96. The van der Waals surface area contributed by atoms with Gasteiger partial charge in [-0.15, -0.1) is 0 Å². The van der Waals surface area contributed by atoms with Gasteiger partial charge >= 0.3 is 18.4 Å². The number of pyridine rings is 1. The van der Waals surface area contributed by atoms with E-state index in [9.17, 15) is 31.1 Å². The van der Waals surface area contributed by atoms with E-state index in [4.69, 9.17) is 4.74 Å². The van der Waals surface area contributed by atoms with Gasteiger partial charge in [-0.2, -0.15) is 26.3 Å². The Morgan fingerprint density at radius 3 is 2.29 bits per heavy atom. The summed E-state index contributed by atoms with van der Waals surface area (Å²) in [5, 5.41) is 2.59. The van der Waals surface area contributed by atoms with E-state index in [1.165, 1.54) is 41.6 Å². The summed E-state index contributed by atoms with van der Waals surface area (Å²) in [6, 6.07) is 7.46. The lowest BCUT2D eigenvalue weighted by Gasteiger charge is -2.20. The molecule has 0 aliphatic carbocycles. The molecule has 0 bridgehead atoms. The van der Waals surface area contributed by atoms with Gasteiger partial charge < -0.3 is 10.1 Å². The number of anilines is 2. The van der Waals surface area contributed by atoms with Gasteiger partial charge in [-0.1, -0.05) is 12.1 Å². The smallest absolute Gasteiger partial charge is 0.420 e. The zero-order valence-corrected chi connectivity index (χ0v) is 17.6. The van der Waals surface area contributed by atoms with Crippen molar-refractivity contribution in [2.24, 2.45) is 0 Å². The minimum absolute atomic E-state index is 0.123. The first kappa shape index (κ1) is 23.4. The molecule has 2 aromatic carbocycles. The van der Waals surface area contributed by atoms with Crippen LogP contribution in [0.3, 0.4) is 0 Å². The van der Waals surface area contributed by atoms with Crippen molar-refractivity contribution < 1.29 is 35.9 Å². The third-order valence-electron chi connectivity index (χ3n) is 5.38. The maximum atomic E-state index is 13.4. The average molecular weight is 481 g/mol. The van der Waals surface area contributed by atoms with Crippen LogP contribution in [0.15, 0.2) is 54.9 Å². The highest BCUT2D eigenvalue weighted by Gasteiger charge is 2.37. The van der Waals surface area contributed by atoms with Crippen LogP contribution in [0.4, 0.5) is 42.5 Å². The maximum Gasteiger partial charge on any atom is 0.420 e. The molecule has 1 aliphatic rings. The Bertz CT molecular complexity index is 1220. The summed E-state index contributed by atoms with van der Waals surface area (Å²) in [4.78, 5) is 18.0. The van der Waals surface area contributed by atoms with E-state index >= 15 is 0 Å². The highest BCUT2D eigenvalue weighted by Crippen LogP contribution is 2.42. The number of amides is 2. The molecule has 1 N–H and O–H groups in total. The lowest BCUT2D eigenvalue weighted by molar-refractivity contribution is -0.139. The highest BCUT2D eigenvalue weighted by molar-refractivity contribution is 6.03. The van der Waals surface area contributed by atoms with Gasteiger partial charge in [0.25, 0.3) is 0 Å². The van der Waals surface area contributed by atoms with Crippen LogP contribution in [0.2, 0.25) is 0 Å². The van der Waals surface area contributed by atoms with Crippen LogP contribution in [0.25, 0.3) is 11.1 Å². The van der Waals surface area contributed by atoms with Crippen LogP contribution in [0, 0.1) is 0 Å². The number of carbonyl (C=O) groups excluding carboxylic acids is 1. The molecule has 3 aromatic rings. The van der Waals surface area contributed by atoms with Gasteiger partial charge in [-0.05, 0) is 47.9 Å². The van der Waals surface area contributed by atoms with Crippen LogP contribution in [-0.2, 0) is 18.8 Å². The van der Waals surface area contributed by atoms with Gasteiger partial charge in [0, 0.05) is 24.0 Å². The van der Waals surface area contributed by atoms with Crippen molar-refractivity contribution in [3.05, 3.63) is 71.5 Å². The molecule has 2 amide bonds. The van der Waals surface area contributed by atoms with Crippen molar-refractivity contribution in [3.63, 3.8) is 0 Å². The number of carbonyl (C=O) groups is 1. The molecular weight excluding hydrogens is 464 g/mol. The quantitative estimate of drug-likeness (QED) is 0.441. The first-order valence-corrected chi connectivity index (χ1v) is 9.96. The molecule has 1 aromatic heterocycles. The van der Waals surface area contributed by atoms with Gasteiger partial charge in [0.15, 0.2) is 0 Å². The lowest BCUT2D eigenvalue weighted by Crippen LogP contribution is -2.33. The fourth-order valence-electron chi connectivity index (χ4n) is 3.72. The molecule has 11 heteroatoms. The third-order valence-corrected chi connectivity index (χ3v) is 5.38. The molecule has 1 aliphatic heterocycles. The summed E-state index contributed by atoms with van der Waals surface area (Å²) in [6.45, 7) is 0.164. The summed E-state index contributed by atoms with van der Waals surface area (Å²) < 4.78 is 83.4. The average Bonchev–Trinajstić information content (AvgIpc) is 3.20. The predicted molar refractivity (Wildman–Crippen MR) is 113 cm³/mol. The van der Waals surface area contributed by atoms with E-state index in [2.05, 4.69) is 10.3 Å². The van der Waals surface area contributed by atoms with Crippen molar-refractivity contribution >= 4 is 17.4 Å². The SMILES string of the molecule is COc1cc2c(cc1C(F)(F)F)N(C(=O)Nc1cncc(-c3ccc(C(F)(F)F)cc3)c1)CC2.